The Morgan fingerprint density at radius 3 is 2.67 bits per heavy atom. The molecule has 0 unspecified atom stereocenters. The van der Waals surface area contributed by atoms with Crippen molar-refractivity contribution in [2.45, 2.75) is 31.7 Å². The third-order valence-corrected chi connectivity index (χ3v) is 3.66. The molecule has 0 saturated heterocycles. The second-order valence-electron chi connectivity index (χ2n) is 5.25. The van der Waals surface area contributed by atoms with Gasteiger partial charge in [-0.25, -0.2) is 4.79 Å². The fourth-order valence-electron chi connectivity index (χ4n) is 2.49. The van der Waals surface area contributed by atoms with Crippen molar-refractivity contribution in [3.63, 3.8) is 0 Å². The Bertz CT molecular complexity index is 513. The smallest absolute Gasteiger partial charge is 0.404 e. The number of hydrogen-bond donors (Lipinski definition) is 3. The molecule has 1 aromatic heterocycles. The van der Waals surface area contributed by atoms with Crippen LogP contribution in [0.4, 0.5) is 4.79 Å². The predicted octanol–water partition coefficient (Wildman–Crippen LogP) is 1.39. The Hall–Kier alpha value is -2.31. The number of nitrogens with one attached hydrogen (secondary N) is 1. The Balaban J connectivity index is 1.78. The van der Waals surface area contributed by atoms with Crippen LogP contribution in [-0.2, 0) is 0 Å². The van der Waals surface area contributed by atoms with E-state index in [0.29, 0.717) is 23.8 Å². The molecule has 0 radical (unpaired) electrons. The number of nitrogens with zero attached hydrogens (tertiary/aromatic N) is 1. The predicted molar refractivity (Wildman–Crippen MR) is 75.2 cm³/mol. The first-order valence-corrected chi connectivity index (χ1v) is 6.91. The summed E-state index contributed by atoms with van der Waals surface area (Å²) in [5.74, 6) is 0.374. The van der Waals surface area contributed by atoms with Gasteiger partial charge < -0.3 is 20.9 Å². The molecule has 1 aliphatic rings. The monoisotopic (exact) mass is 293 g/mol. The van der Waals surface area contributed by atoms with Crippen LogP contribution in [0.2, 0.25) is 0 Å². The Labute approximate surface area is 122 Å². The number of hydrogen-bond acceptors (Lipinski definition) is 4. The van der Waals surface area contributed by atoms with Crippen LogP contribution in [0.5, 0.6) is 5.75 Å². The Morgan fingerprint density at radius 2 is 2.05 bits per heavy atom. The molecule has 1 heterocycles. The van der Waals surface area contributed by atoms with Crippen molar-refractivity contribution in [3.8, 4) is 5.75 Å². The maximum Gasteiger partial charge on any atom is 0.404 e. The van der Waals surface area contributed by atoms with E-state index in [-0.39, 0.29) is 6.04 Å². The van der Waals surface area contributed by atoms with Crippen LogP contribution >= 0.6 is 0 Å². The van der Waals surface area contributed by atoms with Crippen molar-refractivity contribution >= 4 is 12.0 Å². The average Bonchev–Trinajstić information content (AvgIpc) is 2.46. The highest BCUT2D eigenvalue weighted by molar-refractivity contribution is 5.92. The molecule has 1 saturated carbocycles. The van der Waals surface area contributed by atoms with Crippen LogP contribution in [-0.4, -0.2) is 34.7 Å². The molecular weight excluding hydrogens is 274 g/mol. The van der Waals surface area contributed by atoms with Crippen molar-refractivity contribution in [2.75, 3.05) is 6.61 Å². The van der Waals surface area contributed by atoms with Gasteiger partial charge in [0.15, 0.2) is 0 Å². The van der Waals surface area contributed by atoms with E-state index in [1.54, 1.807) is 12.3 Å². The number of primary amides is 1. The van der Waals surface area contributed by atoms with Gasteiger partial charge in [-0.05, 0) is 37.7 Å². The first kappa shape index (κ1) is 15.1. The van der Waals surface area contributed by atoms with E-state index in [1.807, 2.05) is 0 Å². The minimum absolute atomic E-state index is 0.0404. The number of rotatable bonds is 5. The van der Waals surface area contributed by atoms with E-state index in [0.717, 1.165) is 25.7 Å². The molecule has 1 aromatic rings. The van der Waals surface area contributed by atoms with Crippen LogP contribution < -0.4 is 15.8 Å². The zero-order valence-corrected chi connectivity index (χ0v) is 11.6. The molecule has 7 nitrogen and oxygen atoms in total. The number of carbonyl (C=O) groups is 2. The zero-order chi connectivity index (χ0) is 15.2. The fourth-order valence-corrected chi connectivity index (χ4v) is 2.49. The second kappa shape index (κ2) is 6.92. The highest BCUT2D eigenvalue weighted by Crippen LogP contribution is 2.25. The maximum atomic E-state index is 11.1. The Kier molecular flexibility index (Phi) is 4.97. The summed E-state index contributed by atoms with van der Waals surface area (Å²) in [6.45, 7) is 0.531. The summed E-state index contributed by atoms with van der Waals surface area (Å²) < 4.78 is 5.65. The summed E-state index contributed by atoms with van der Waals surface area (Å²) in [5, 5.41) is 11.2. The summed E-state index contributed by atoms with van der Waals surface area (Å²) in [6.07, 6.45) is 5.44. The lowest BCUT2D eigenvalue weighted by Gasteiger charge is -2.28. The summed E-state index contributed by atoms with van der Waals surface area (Å²) in [6, 6.07) is 1.62. The summed E-state index contributed by atoms with van der Waals surface area (Å²) in [7, 11) is 0. The van der Waals surface area contributed by atoms with Gasteiger partial charge >= 0.3 is 6.09 Å². The molecule has 0 aromatic carbocycles. The SMILES string of the molecule is NC(=O)c1cncc(OCC2CCC(NC(=O)O)CC2)c1. The fraction of sp³-hybridized carbons (Fsp3) is 0.500. The van der Waals surface area contributed by atoms with Crippen molar-refractivity contribution in [2.24, 2.45) is 11.7 Å². The maximum absolute atomic E-state index is 11.1. The third-order valence-electron chi connectivity index (χ3n) is 3.66. The van der Waals surface area contributed by atoms with Crippen molar-refractivity contribution in [1.82, 2.24) is 10.3 Å². The van der Waals surface area contributed by atoms with E-state index < -0.39 is 12.0 Å². The van der Waals surface area contributed by atoms with Gasteiger partial charge in [0.2, 0.25) is 5.91 Å². The first-order chi connectivity index (χ1) is 10.0. The minimum atomic E-state index is -0.968. The van der Waals surface area contributed by atoms with Crippen LogP contribution in [0, 0.1) is 5.92 Å². The summed E-state index contributed by atoms with van der Waals surface area (Å²) >= 11 is 0. The van der Waals surface area contributed by atoms with Gasteiger partial charge in [0, 0.05) is 12.2 Å². The van der Waals surface area contributed by atoms with Crippen LogP contribution in [0.3, 0.4) is 0 Å². The summed E-state index contributed by atoms with van der Waals surface area (Å²) in [4.78, 5) is 25.5. The van der Waals surface area contributed by atoms with E-state index >= 15 is 0 Å². The zero-order valence-electron chi connectivity index (χ0n) is 11.6. The highest BCUT2D eigenvalue weighted by Gasteiger charge is 2.22. The first-order valence-electron chi connectivity index (χ1n) is 6.91. The van der Waals surface area contributed by atoms with Crippen LogP contribution in [0.25, 0.3) is 0 Å². The standard InChI is InChI=1S/C14H19N3O4/c15-13(18)10-5-12(7-16-6-10)21-8-9-1-3-11(4-2-9)17-14(19)20/h5-7,9,11,17H,1-4,8H2,(H2,15,18)(H,19,20). The molecule has 0 atom stereocenters. The largest absolute Gasteiger partial charge is 0.492 e. The molecular formula is C14H19N3O4. The van der Waals surface area contributed by atoms with Gasteiger partial charge in [0.1, 0.15) is 5.75 Å². The van der Waals surface area contributed by atoms with Crippen LogP contribution in [0.15, 0.2) is 18.5 Å². The van der Waals surface area contributed by atoms with E-state index in [2.05, 4.69) is 10.3 Å². The second-order valence-corrected chi connectivity index (χ2v) is 5.25. The molecule has 7 heteroatoms. The molecule has 1 aliphatic carbocycles. The van der Waals surface area contributed by atoms with E-state index in [4.69, 9.17) is 15.6 Å². The van der Waals surface area contributed by atoms with Gasteiger partial charge in [0.05, 0.1) is 18.4 Å². The van der Waals surface area contributed by atoms with Gasteiger partial charge in [-0.2, -0.15) is 0 Å². The lowest BCUT2D eigenvalue weighted by atomic mass is 9.86. The Morgan fingerprint density at radius 1 is 1.33 bits per heavy atom. The van der Waals surface area contributed by atoms with Gasteiger partial charge in [0.25, 0.3) is 0 Å². The van der Waals surface area contributed by atoms with Crippen molar-refractivity contribution in [1.29, 1.82) is 0 Å². The number of ether oxygens (including phenoxy) is 1. The third kappa shape index (κ3) is 4.62. The van der Waals surface area contributed by atoms with Crippen molar-refractivity contribution in [3.05, 3.63) is 24.0 Å². The molecule has 4 N–H and O–H groups in total. The minimum Gasteiger partial charge on any atom is -0.492 e. The number of carboxylic acid groups (broad SMARTS) is 1. The lowest BCUT2D eigenvalue weighted by Crippen LogP contribution is -2.37. The molecule has 2 rings (SSSR count). The van der Waals surface area contributed by atoms with E-state index in [1.165, 1.54) is 6.20 Å². The number of nitrogens with two attached hydrogens (primary N) is 1. The molecule has 0 bridgehead atoms. The normalized spacial score (nSPS) is 21.5. The topological polar surface area (TPSA) is 115 Å². The average molecular weight is 293 g/mol. The summed E-state index contributed by atoms with van der Waals surface area (Å²) in [5.41, 5.74) is 5.51. The van der Waals surface area contributed by atoms with Crippen LogP contribution in [0.1, 0.15) is 36.0 Å². The molecule has 0 spiro atoms. The molecule has 0 aliphatic heterocycles. The molecule has 2 amide bonds. The van der Waals surface area contributed by atoms with E-state index in [9.17, 15) is 9.59 Å². The number of amides is 2. The number of aromatic nitrogens is 1. The van der Waals surface area contributed by atoms with Gasteiger partial charge in [-0.3, -0.25) is 9.78 Å². The molecule has 21 heavy (non-hydrogen) atoms. The quantitative estimate of drug-likeness (QED) is 0.758. The highest BCUT2D eigenvalue weighted by atomic mass is 16.5. The molecule has 114 valence electrons. The van der Waals surface area contributed by atoms with Crippen molar-refractivity contribution < 1.29 is 19.4 Å². The molecule has 1 fully saturated rings. The van der Waals surface area contributed by atoms with Gasteiger partial charge in [-0.1, -0.05) is 0 Å². The van der Waals surface area contributed by atoms with Gasteiger partial charge in [-0.15, -0.1) is 0 Å². The number of pyridine rings is 1. The lowest BCUT2D eigenvalue weighted by molar-refractivity contribution is 0.0999. The number of carbonyl (C=O) groups excluding carboxylic acids is 1.